The number of ether oxygens (including phenoxy) is 1. The first-order valence-electron chi connectivity index (χ1n) is 5.45. The number of nitriles is 1. The lowest BCUT2D eigenvalue weighted by molar-refractivity contribution is 0.0520. The van der Waals surface area contributed by atoms with E-state index in [9.17, 15) is 4.79 Å². The number of halogens is 1. The molecule has 0 radical (unpaired) electrons. The van der Waals surface area contributed by atoms with Crippen molar-refractivity contribution in [2.24, 2.45) is 0 Å². The second-order valence-electron chi connectivity index (χ2n) is 3.55. The summed E-state index contributed by atoms with van der Waals surface area (Å²) >= 11 is 3.29. The minimum Gasteiger partial charge on any atom is -0.461 e. The van der Waals surface area contributed by atoms with Crippen molar-refractivity contribution in [2.45, 2.75) is 6.92 Å². The Kier molecular flexibility index (Phi) is 3.92. The fraction of sp³-hybridized carbons (Fsp3) is 0.167. The minimum absolute atomic E-state index is 0.124. The Hall–Kier alpha value is -2.20. The summed E-state index contributed by atoms with van der Waals surface area (Å²) < 4.78 is 5.53. The highest BCUT2D eigenvalue weighted by Crippen LogP contribution is 2.26. The van der Waals surface area contributed by atoms with Gasteiger partial charge in [0.15, 0.2) is 5.69 Å². The third-order valence-electron chi connectivity index (χ3n) is 2.38. The van der Waals surface area contributed by atoms with Crippen LogP contribution in [-0.2, 0) is 4.74 Å². The molecule has 19 heavy (non-hydrogen) atoms. The molecule has 7 heteroatoms. The van der Waals surface area contributed by atoms with Crippen LogP contribution in [0.1, 0.15) is 23.0 Å². The monoisotopic (exact) mass is 320 g/mol. The molecule has 1 aromatic heterocycles. The molecule has 0 saturated carbocycles. The molecule has 0 amide bonds. The molecule has 0 aliphatic heterocycles. The predicted octanol–water partition coefficient (Wildman–Crippen LogP) is 2.28. The van der Waals surface area contributed by atoms with Gasteiger partial charge in [-0.1, -0.05) is 6.07 Å². The highest BCUT2D eigenvalue weighted by Gasteiger charge is 2.19. The van der Waals surface area contributed by atoms with Crippen molar-refractivity contribution in [3.8, 4) is 17.3 Å². The third-order valence-corrected chi connectivity index (χ3v) is 3.04. The van der Waals surface area contributed by atoms with Crippen molar-refractivity contribution in [1.82, 2.24) is 15.4 Å². The van der Waals surface area contributed by atoms with Gasteiger partial charge in [-0.25, -0.2) is 4.79 Å². The zero-order valence-electron chi connectivity index (χ0n) is 9.98. The number of benzene rings is 1. The van der Waals surface area contributed by atoms with E-state index in [2.05, 4.69) is 31.3 Å². The first-order chi connectivity index (χ1) is 9.17. The van der Waals surface area contributed by atoms with Gasteiger partial charge in [-0.2, -0.15) is 15.6 Å². The van der Waals surface area contributed by atoms with E-state index in [0.717, 1.165) is 0 Å². The zero-order chi connectivity index (χ0) is 13.8. The number of hydrogen-bond acceptors (Lipinski definition) is 5. The summed E-state index contributed by atoms with van der Waals surface area (Å²) in [5.74, 6) is -0.535. The van der Waals surface area contributed by atoms with Gasteiger partial charge in [0.25, 0.3) is 0 Å². The van der Waals surface area contributed by atoms with Crippen molar-refractivity contribution >= 4 is 21.9 Å². The number of aromatic nitrogens is 3. The van der Waals surface area contributed by atoms with Crippen LogP contribution in [0.3, 0.4) is 0 Å². The summed E-state index contributed by atoms with van der Waals surface area (Å²) in [6.45, 7) is 1.98. The number of hydrogen-bond donors (Lipinski definition) is 1. The number of aromatic amines is 1. The molecule has 6 nitrogen and oxygen atoms in total. The molecule has 0 aliphatic carbocycles. The van der Waals surface area contributed by atoms with Crippen LogP contribution in [0, 0.1) is 11.3 Å². The maximum Gasteiger partial charge on any atom is 0.361 e. The molecular weight excluding hydrogens is 312 g/mol. The van der Waals surface area contributed by atoms with Crippen molar-refractivity contribution in [1.29, 1.82) is 5.26 Å². The second-order valence-corrected chi connectivity index (χ2v) is 4.40. The zero-order valence-corrected chi connectivity index (χ0v) is 11.6. The lowest BCUT2D eigenvalue weighted by Gasteiger charge is -2.02. The smallest absolute Gasteiger partial charge is 0.361 e. The van der Waals surface area contributed by atoms with Crippen molar-refractivity contribution in [3.63, 3.8) is 0 Å². The van der Waals surface area contributed by atoms with Crippen LogP contribution < -0.4 is 0 Å². The molecule has 0 saturated heterocycles. The number of H-pyrrole nitrogens is 1. The normalized spacial score (nSPS) is 9.95. The molecule has 2 rings (SSSR count). The standard InChI is InChI=1S/C12H9BrN4O2/c1-2-19-12(18)11-10(15-17-16-11)7-3-4-8(6-14)9(13)5-7/h3-5H,2H2,1H3,(H,15,16,17). The lowest BCUT2D eigenvalue weighted by Crippen LogP contribution is -2.06. The second kappa shape index (κ2) is 5.63. The molecule has 1 N–H and O–H groups in total. The van der Waals surface area contributed by atoms with Gasteiger partial charge in [-0.05, 0) is 35.0 Å². The molecule has 0 fully saturated rings. The Balaban J connectivity index is 2.43. The van der Waals surface area contributed by atoms with Gasteiger partial charge in [0.1, 0.15) is 11.8 Å². The molecule has 0 atom stereocenters. The Labute approximate surface area is 117 Å². The highest BCUT2D eigenvalue weighted by atomic mass is 79.9. The fourth-order valence-electron chi connectivity index (χ4n) is 1.53. The summed E-state index contributed by atoms with van der Waals surface area (Å²) in [6, 6.07) is 7.09. The van der Waals surface area contributed by atoms with Gasteiger partial charge in [-0.3, -0.25) is 0 Å². The number of nitrogens with one attached hydrogen (secondary N) is 1. The van der Waals surface area contributed by atoms with E-state index in [1.807, 2.05) is 6.07 Å². The van der Waals surface area contributed by atoms with Crippen LogP contribution in [0.4, 0.5) is 0 Å². The topological polar surface area (TPSA) is 91.7 Å². The van der Waals surface area contributed by atoms with Gasteiger partial charge >= 0.3 is 5.97 Å². The van der Waals surface area contributed by atoms with E-state index in [4.69, 9.17) is 10.00 Å². The van der Waals surface area contributed by atoms with Gasteiger partial charge in [0, 0.05) is 10.0 Å². The highest BCUT2D eigenvalue weighted by molar-refractivity contribution is 9.10. The van der Waals surface area contributed by atoms with Crippen LogP contribution in [0.25, 0.3) is 11.3 Å². The van der Waals surface area contributed by atoms with Crippen molar-refractivity contribution in [2.75, 3.05) is 6.61 Å². The number of carbonyl (C=O) groups excluding carboxylic acids is 1. The summed E-state index contributed by atoms with van der Waals surface area (Å²) in [4.78, 5) is 11.7. The van der Waals surface area contributed by atoms with Crippen LogP contribution in [0.2, 0.25) is 0 Å². The van der Waals surface area contributed by atoms with Gasteiger partial charge < -0.3 is 4.74 Å². The molecule has 0 aliphatic rings. The van der Waals surface area contributed by atoms with E-state index < -0.39 is 5.97 Å². The molecule has 1 aromatic carbocycles. The summed E-state index contributed by atoms with van der Waals surface area (Å²) in [5.41, 5.74) is 1.69. The van der Waals surface area contributed by atoms with Gasteiger partial charge in [-0.15, -0.1) is 5.10 Å². The molecule has 0 bridgehead atoms. The summed E-state index contributed by atoms with van der Waals surface area (Å²) in [6.07, 6.45) is 0. The molecule has 0 unspecified atom stereocenters. The van der Waals surface area contributed by atoms with Crippen LogP contribution in [-0.4, -0.2) is 28.0 Å². The maximum absolute atomic E-state index is 11.7. The fourth-order valence-corrected chi connectivity index (χ4v) is 1.99. The molecule has 96 valence electrons. The lowest BCUT2D eigenvalue weighted by atomic mass is 10.1. The minimum atomic E-state index is -0.535. The van der Waals surface area contributed by atoms with E-state index in [1.54, 1.807) is 25.1 Å². The molecule has 1 heterocycles. The Morgan fingerprint density at radius 2 is 2.32 bits per heavy atom. The number of esters is 1. The van der Waals surface area contributed by atoms with E-state index in [0.29, 0.717) is 21.3 Å². The maximum atomic E-state index is 11.7. The summed E-state index contributed by atoms with van der Waals surface area (Å²) in [5, 5.41) is 19.0. The Morgan fingerprint density at radius 3 is 2.95 bits per heavy atom. The number of carbonyl (C=O) groups is 1. The van der Waals surface area contributed by atoms with Crippen molar-refractivity contribution in [3.05, 3.63) is 33.9 Å². The summed E-state index contributed by atoms with van der Waals surface area (Å²) in [7, 11) is 0. The Bertz CT molecular complexity index is 660. The largest absolute Gasteiger partial charge is 0.461 e. The van der Waals surface area contributed by atoms with Crippen LogP contribution >= 0.6 is 15.9 Å². The van der Waals surface area contributed by atoms with Crippen molar-refractivity contribution < 1.29 is 9.53 Å². The average Bonchev–Trinajstić information content (AvgIpc) is 2.88. The van der Waals surface area contributed by atoms with E-state index in [-0.39, 0.29) is 12.3 Å². The van der Waals surface area contributed by atoms with Gasteiger partial charge in [0.05, 0.1) is 12.2 Å². The number of nitrogens with zero attached hydrogens (tertiary/aromatic N) is 3. The molecule has 2 aromatic rings. The average molecular weight is 321 g/mol. The first kappa shape index (κ1) is 13.2. The SMILES string of the molecule is CCOC(=O)c1n[nH]nc1-c1ccc(C#N)c(Br)c1. The van der Waals surface area contributed by atoms with Gasteiger partial charge in [0.2, 0.25) is 0 Å². The third kappa shape index (κ3) is 2.63. The van der Waals surface area contributed by atoms with Crippen LogP contribution in [0.5, 0.6) is 0 Å². The predicted molar refractivity (Wildman–Crippen MR) is 70.2 cm³/mol. The molecule has 0 spiro atoms. The van der Waals surface area contributed by atoms with E-state index >= 15 is 0 Å². The Morgan fingerprint density at radius 1 is 1.53 bits per heavy atom. The quantitative estimate of drug-likeness (QED) is 0.876. The van der Waals surface area contributed by atoms with E-state index in [1.165, 1.54) is 0 Å². The number of rotatable bonds is 3. The molecular formula is C12H9BrN4O2. The first-order valence-corrected chi connectivity index (χ1v) is 6.24. The van der Waals surface area contributed by atoms with Crippen LogP contribution in [0.15, 0.2) is 22.7 Å².